The molecular formula is C19H24ClFN2O3S. The molecule has 0 spiro atoms. The highest BCUT2D eigenvalue weighted by Gasteiger charge is 2.34. The summed E-state index contributed by atoms with van der Waals surface area (Å²) >= 11 is 5.97. The Bertz CT molecular complexity index is 936. The Morgan fingerprint density at radius 2 is 1.96 bits per heavy atom. The summed E-state index contributed by atoms with van der Waals surface area (Å²) in [6, 6.07) is 4.38. The molecule has 1 aromatic heterocycles. The van der Waals surface area contributed by atoms with Crippen LogP contribution in [0.1, 0.15) is 62.2 Å². The van der Waals surface area contributed by atoms with Gasteiger partial charge < -0.3 is 9.72 Å². The van der Waals surface area contributed by atoms with E-state index in [1.54, 1.807) is 13.0 Å². The van der Waals surface area contributed by atoms with E-state index in [0.29, 0.717) is 17.1 Å². The molecule has 0 bridgehead atoms. The summed E-state index contributed by atoms with van der Waals surface area (Å²) in [5, 5.41) is -0.0189. The minimum Gasteiger partial charge on any atom is -0.359 e. The van der Waals surface area contributed by atoms with E-state index in [2.05, 4.69) is 16.9 Å². The van der Waals surface area contributed by atoms with Crippen LogP contribution in [0.5, 0.6) is 0 Å². The fraction of sp³-hybridized carbons (Fsp3) is 0.526. The third kappa shape index (κ3) is 4.52. The average molecular weight is 415 g/mol. The Hall–Kier alpha value is -1.44. The Morgan fingerprint density at radius 1 is 1.30 bits per heavy atom. The molecule has 3 rings (SSSR count). The van der Waals surface area contributed by atoms with Crippen LogP contribution < -0.4 is 0 Å². The number of halogens is 2. The second-order valence-electron chi connectivity index (χ2n) is 7.51. The van der Waals surface area contributed by atoms with E-state index < -0.39 is 21.8 Å². The van der Waals surface area contributed by atoms with Gasteiger partial charge in [0.05, 0.1) is 16.3 Å². The second kappa shape index (κ2) is 7.53. The molecule has 148 valence electrons. The van der Waals surface area contributed by atoms with Crippen LogP contribution in [0.2, 0.25) is 5.02 Å². The number of hydrogen-bond donors (Lipinski definition) is 1. The summed E-state index contributed by atoms with van der Waals surface area (Å²) in [6.45, 7) is 3.71. The molecule has 0 unspecified atom stereocenters. The first-order valence-corrected chi connectivity index (χ1v) is 11.3. The number of aromatic amines is 1. The summed E-state index contributed by atoms with van der Waals surface area (Å²) in [7, 11) is -3.48. The van der Waals surface area contributed by atoms with E-state index in [1.165, 1.54) is 18.6 Å². The first kappa shape index (κ1) is 20.3. The van der Waals surface area contributed by atoms with Crippen molar-refractivity contribution in [3.8, 4) is 0 Å². The molecule has 1 fully saturated rings. The zero-order valence-corrected chi connectivity index (χ0v) is 17.3. The van der Waals surface area contributed by atoms with Crippen LogP contribution in [0, 0.1) is 12.7 Å². The lowest BCUT2D eigenvalue weighted by molar-refractivity contribution is -0.0916. The highest BCUT2D eigenvalue weighted by Crippen LogP contribution is 2.38. The van der Waals surface area contributed by atoms with Crippen molar-refractivity contribution in [2.45, 2.75) is 62.7 Å². The maximum absolute atomic E-state index is 13.6. The number of sulfone groups is 1. The van der Waals surface area contributed by atoms with Crippen molar-refractivity contribution in [2.75, 3.05) is 6.26 Å². The fourth-order valence-corrected chi connectivity index (χ4v) is 4.67. The largest absolute Gasteiger partial charge is 0.359 e. The van der Waals surface area contributed by atoms with Gasteiger partial charge in [0.1, 0.15) is 17.7 Å². The highest BCUT2D eigenvalue weighted by molar-refractivity contribution is 7.90. The lowest BCUT2D eigenvalue weighted by Crippen LogP contribution is -2.33. The molecule has 1 atom stereocenters. The average Bonchev–Trinajstić information content (AvgIpc) is 2.98. The minimum absolute atomic E-state index is 0.00638. The molecule has 0 saturated heterocycles. The van der Waals surface area contributed by atoms with E-state index >= 15 is 0 Å². The lowest BCUT2D eigenvalue weighted by Gasteiger charge is -2.36. The van der Waals surface area contributed by atoms with E-state index in [1.807, 2.05) is 0 Å². The van der Waals surface area contributed by atoms with Crippen molar-refractivity contribution >= 4 is 21.4 Å². The molecule has 5 nitrogen and oxygen atoms in total. The number of nitrogens with one attached hydrogen (secondary N) is 1. The molecule has 0 radical (unpaired) electrons. The third-order valence-corrected chi connectivity index (χ3v) is 6.41. The number of H-pyrrole nitrogens is 1. The zero-order chi connectivity index (χ0) is 19.8. The topological polar surface area (TPSA) is 72.0 Å². The Morgan fingerprint density at radius 3 is 2.52 bits per heavy atom. The minimum atomic E-state index is -3.48. The number of aromatic nitrogens is 2. The van der Waals surface area contributed by atoms with Gasteiger partial charge in [-0.05, 0) is 44.4 Å². The highest BCUT2D eigenvalue weighted by atomic mass is 35.5. The molecule has 27 heavy (non-hydrogen) atoms. The van der Waals surface area contributed by atoms with Crippen molar-refractivity contribution < 1.29 is 17.5 Å². The maximum atomic E-state index is 13.6. The summed E-state index contributed by atoms with van der Waals surface area (Å²) in [6.07, 6.45) is 5.56. The molecule has 2 aromatic rings. The van der Waals surface area contributed by atoms with Crippen molar-refractivity contribution in [3.05, 3.63) is 46.1 Å². The quantitative estimate of drug-likeness (QED) is 0.766. The van der Waals surface area contributed by atoms with Crippen LogP contribution in [0.4, 0.5) is 4.39 Å². The first-order chi connectivity index (χ1) is 12.6. The van der Waals surface area contributed by atoms with E-state index in [9.17, 15) is 12.8 Å². The molecule has 1 aromatic carbocycles. The van der Waals surface area contributed by atoms with Crippen LogP contribution in [0.15, 0.2) is 23.2 Å². The van der Waals surface area contributed by atoms with Crippen LogP contribution in [-0.2, 0) is 14.6 Å². The summed E-state index contributed by atoms with van der Waals surface area (Å²) in [5.41, 5.74) is 0.709. The van der Waals surface area contributed by atoms with Gasteiger partial charge in [-0.15, -0.1) is 0 Å². The molecule has 1 N–H and O–H groups in total. The number of aryl methyl sites for hydroxylation is 1. The number of imidazole rings is 1. The summed E-state index contributed by atoms with van der Waals surface area (Å²) < 4.78 is 44.1. The zero-order valence-electron chi connectivity index (χ0n) is 15.7. The van der Waals surface area contributed by atoms with Gasteiger partial charge in [-0.1, -0.05) is 36.9 Å². The third-order valence-electron chi connectivity index (χ3n) is 5.02. The smallest absolute Gasteiger partial charge is 0.194 e. The molecule has 1 aliphatic rings. The Kier molecular flexibility index (Phi) is 5.66. The van der Waals surface area contributed by atoms with Gasteiger partial charge >= 0.3 is 0 Å². The van der Waals surface area contributed by atoms with Crippen molar-refractivity contribution in [1.29, 1.82) is 0 Å². The van der Waals surface area contributed by atoms with Crippen LogP contribution >= 0.6 is 11.6 Å². The van der Waals surface area contributed by atoms with Gasteiger partial charge in [0.25, 0.3) is 0 Å². The molecule has 1 heterocycles. The predicted molar refractivity (Wildman–Crippen MR) is 102 cm³/mol. The molecular weight excluding hydrogens is 391 g/mol. The standard InChI is InChI=1S/C19H24ClFN2O3S/c1-12-18(27(3,24)25)23-17(22-12)16(13-7-8-15(21)14(20)11-13)26-19(2)9-5-4-6-10-19/h7-8,11,16H,4-6,9-10H2,1-3H3,(H,22,23)/t16-/m0/s1. The van der Waals surface area contributed by atoms with E-state index in [0.717, 1.165) is 31.9 Å². The summed E-state index contributed by atoms with van der Waals surface area (Å²) in [4.78, 5) is 7.34. The second-order valence-corrected chi connectivity index (χ2v) is 9.84. The SMILES string of the molecule is Cc1[nH]c([C@@H](OC2(C)CCCCC2)c2ccc(F)c(Cl)c2)nc1S(C)(=O)=O. The molecule has 0 aliphatic heterocycles. The maximum Gasteiger partial charge on any atom is 0.194 e. The van der Waals surface area contributed by atoms with Crippen LogP contribution in [-0.4, -0.2) is 30.2 Å². The Labute approximate surface area is 164 Å². The number of benzene rings is 1. The molecule has 1 aliphatic carbocycles. The number of ether oxygens (including phenoxy) is 1. The normalized spacial score (nSPS) is 18.4. The Balaban J connectivity index is 2.05. The fourth-order valence-electron chi connectivity index (χ4n) is 3.61. The van der Waals surface area contributed by atoms with Gasteiger partial charge in [0, 0.05) is 6.26 Å². The van der Waals surface area contributed by atoms with Gasteiger partial charge in [-0.25, -0.2) is 17.8 Å². The van der Waals surface area contributed by atoms with Crippen molar-refractivity contribution in [1.82, 2.24) is 9.97 Å². The van der Waals surface area contributed by atoms with Gasteiger partial charge in [0.2, 0.25) is 0 Å². The predicted octanol–water partition coefficient (Wildman–Crippen LogP) is 4.74. The number of rotatable bonds is 5. The van der Waals surface area contributed by atoms with Crippen molar-refractivity contribution in [3.63, 3.8) is 0 Å². The molecule has 0 amide bonds. The van der Waals surface area contributed by atoms with Gasteiger partial charge in [0.15, 0.2) is 14.9 Å². The lowest BCUT2D eigenvalue weighted by atomic mass is 9.86. The summed E-state index contributed by atoms with van der Waals surface area (Å²) in [5.74, 6) is -0.141. The molecule has 8 heteroatoms. The first-order valence-electron chi connectivity index (χ1n) is 8.98. The van der Waals surface area contributed by atoms with Gasteiger partial charge in [-0.3, -0.25) is 0 Å². The number of hydrogen-bond acceptors (Lipinski definition) is 4. The number of nitrogens with zero attached hydrogens (tertiary/aromatic N) is 1. The molecule has 1 saturated carbocycles. The van der Waals surface area contributed by atoms with Gasteiger partial charge in [-0.2, -0.15) is 0 Å². The van der Waals surface area contributed by atoms with E-state index in [-0.39, 0.29) is 15.6 Å². The van der Waals surface area contributed by atoms with Crippen molar-refractivity contribution in [2.24, 2.45) is 0 Å². The van der Waals surface area contributed by atoms with E-state index in [4.69, 9.17) is 16.3 Å². The van der Waals surface area contributed by atoms with Crippen LogP contribution in [0.3, 0.4) is 0 Å². The monoisotopic (exact) mass is 414 g/mol. The van der Waals surface area contributed by atoms with Crippen LogP contribution in [0.25, 0.3) is 0 Å².